The number of H-pyrrole nitrogens is 1. The van der Waals surface area contributed by atoms with Crippen LogP contribution in [0.2, 0.25) is 0 Å². The zero-order valence-electron chi connectivity index (χ0n) is 48.4. The Morgan fingerprint density at radius 2 is 0.680 bits per heavy atom. The SMILES string of the molecule is C.C.C.C.C.Fc1cccc(F)c1-c1nc2ccncc2[nH]1.Fc1cccc(F)c1Cn1c(-c2c(F)cccc2F)nc2ccncc21.Fc1cccc(F)c1Cn1c(-c2c(F)cccc2F)nc2cnccc21.Fc1cccc(F)c1Cn1ccc2nc(-c3c(F)cccc3F)nc-2c1. The summed E-state index contributed by atoms with van der Waals surface area (Å²) in [6.07, 6.45) is 12.0. The molecule has 0 radical (unpaired) electrons. The Bertz CT molecular complexity index is 4950. The molecule has 514 valence electrons. The van der Waals surface area contributed by atoms with E-state index in [4.69, 9.17) is 0 Å². The summed E-state index contributed by atoms with van der Waals surface area (Å²) in [6, 6.07) is 31.1. The van der Waals surface area contributed by atoms with Crippen molar-refractivity contribution in [2.45, 2.75) is 56.8 Å². The highest BCUT2D eigenvalue weighted by atomic mass is 19.2. The van der Waals surface area contributed by atoms with E-state index < -0.39 is 81.4 Å². The Morgan fingerprint density at radius 3 is 1.15 bits per heavy atom. The predicted molar refractivity (Wildman–Crippen MR) is 357 cm³/mol. The normalized spacial score (nSPS) is 10.6. The molecule has 100 heavy (non-hydrogen) atoms. The second kappa shape index (κ2) is 32.4. The van der Waals surface area contributed by atoms with Crippen LogP contribution in [-0.4, -0.2) is 58.6 Å². The summed E-state index contributed by atoms with van der Waals surface area (Å²) in [6.45, 7) is -0.614. The lowest BCUT2D eigenvalue weighted by Crippen LogP contribution is -2.08. The molecule has 6 aromatic heterocycles. The lowest BCUT2D eigenvalue weighted by molar-refractivity contribution is 0.543. The zero-order chi connectivity index (χ0) is 66.6. The van der Waals surface area contributed by atoms with E-state index >= 15 is 0 Å². The fraction of sp³-hybridized carbons (Fsp3) is 0.108. The molecular formula is C74H60F14N12. The van der Waals surface area contributed by atoms with Crippen molar-refractivity contribution in [3.63, 3.8) is 0 Å². The lowest BCUT2D eigenvalue weighted by atomic mass is 10.1. The highest BCUT2D eigenvalue weighted by Crippen LogP contribution is 2.34. The molecular weight excluding hydrogens is 1320 g/mol. The van der Waals surface area contributed by atoms with Crippen LogP contribution in [0.5, 0.6) is 0 Å². The fourth-order valence-corrected chi connectivity index (χ4v) is 10.2. The molecule has 12 nitrogen and oxygen atoms in total. The molecule has 0 saturated heterocycles. The molecule has 13 aromatic rings. The number of aromatic amines is 1. The highest BCUT2D eigenvalue weighted by molar-refractivity contribution is 5.82. The lowest BCUT2D eigenvalue weighted by Gasteiger charge is -2.12. The molecule has 26 heteroatoms. The molecule has 2 aliphatic heterocycles. The van der Waals surface area contributed by atoms with Crippen LogP contribution >= 0.6 is 0 Å². The van der Waals surface area contributed by atoms with E-state index in [2.05, 4.69) is 44.9 Å². The van der Waals surface area contributed by atoms with Crippen molar-refractivity contribution in [2.24, 2.45) is 0 Å². The first-order valence-corrected chi connectivity index (χ1v) is 28.2. The van der Waals surface area contributed by atoms with Crippen molar-refractivity contribution in [2.75, 3.05) is 0 Å². The van der Waals surface area contributed by atoms with E-state index in [1.165, 1.54) is 111 Å². The quantitative estimate of drug-likeness (QED) is 0.134. The number of pyridine rings is 4. The minimum absolute atomic E-state index is 0. The average Bonchev–Trinajstić information content (AvgIpc) is 1.61. The smallest absolute Gasteiger partial charge is 0.166 e. The van der Waals surface area contributed by atoms with Crippen LogP contribution in [0.4, 0.5) is 61.5 Å². The van der Waals surface area contributed by atoms with Crippen LogP contribution in [0.1, 0.15) is 53.8 Å². The number of fused-ring (bicyclic) bond motifs is 4. The number of aromatic nitrogens is 12. The van der Waals surface area contributed by atoms with Crippen LogP contribution in [-0.2, 0) is 19.6 Å². The summed E-state index contributed by atoms with van der Waals surface area (Å²) < 4.78 is 200. The number of nitrogens with zero attached hydrogens (tertiary/aromatic N) is 11. The standard InChI is InChI=1S/3C19H11F4N3.C12H7F2N3.5CH4/c20-12-3-1-4-13(21)11(12)10-26-17-7-8-24-9-16(17)25-19(26)18-14(22)5-2-6-15(18)23;20-12-3-1-4-13(21)11(12)10-26-17-9-24-8-7-16(17)25-19(26)18-14(22)5-2-6-15(18)23;20-12-3-1-4-13(21)11(12)9-26-8-7-16-17(10-26)25-19(24-16)18-14(22)5-2-6-15(18)23;13-7-2-1-3-8(14)11(7)12-16-9-4-5-15-6-10(9)17-12;;;;;/h2*1-9H,10H2;1-8,10H,9H2;1-6H,(H,16,17);5*1H4. The largest absolute Gasteiger partial charge is 0.347 e. The topological polar surface area (TPSA) is 134 Å². The second-order valence-electron chi connectivity index (χ2n) is 20.7. The van der Waals surface area contributed by atoms with E-state index in [1.807, 2.05) is 0 Å². The van der Waals surface area contributed by atoms with Gasteiger partial charge in [0, 0.05) is 47.7 Å². The van der Waals surface area contributed by atoms with Gasteiger partial charge < -0.3 is 18.7 Å². The van der Waals surface area contributed by atoms with Gasteiger partial charge in [0.1, 0.15) is 110 Å². The summed E-state index contributed by atoms with van der Waals surface area (Å²) in [5, 5.41) is 0. The number of rotatable bonds is 10. The monoisotopic (exact) mass is 1380 g/mol. The maximum absolute atomic E-state index is 14.3. The molecule has 0 unspecified atom stereocenters. The molecule has 0 fully saturated rings. The van der Waals surface area contributed by atoms with Crippen molar-refractivity contribution < 1.29 is 61.5 Å². The Balaban J connectivity index is 0.000000186. The minimum atomic E-state index is -0.816. The van der Waals surface area contributed by atoms with E-state index in [9.17, 15) is 61.5 Å². The maximum Gasteiger partial charge on any atom is 0.166 e. The molecule has 0 atom stereocenters. The van der Waals surface area contributed by atoms with Crippen molar-refractivity contribution in [3.05, 3.63) is 299 Å². The molecule has 0 aliphatic carbocycles. The van der Waals surface area contributed by atoms with Crippen molar-refractivity contribution in [1.29, 1.82) is 0 Å². The van der Waals surface area contributed by atoms with Gasteiger partial charge in [-0.2, -0.15) is 0 Å². The maximum atomic E-state index is 14.3. The van der Waals surface area contributed by atoms with Gasteiger partial charge in [-0.3, -0.25) is 15.0 Å². The predicted octanol–water partition coefficient (Wildman–Crippen LogP) is 20.1. The van der Waals surface area contributed by atoms with Crippen molar-refractivity contribution in [1.82, 2.24) is 58.6 Å². The average molecular weight is 1380 g/mol. The summed E-state index contributed by atoms with van der Waals surface area (Å²) in [5.74, 6) is -10.4. The Morgan fingerprint density at radius 1 is 0.310 bits per heavy atom. The first-order valence-electron chi connectivity index (χ1n) is 28.2. The van der Waals surface area contributed by atoms with Gasteiger partial charge in [0.25, 0.3) is 0 Å². The molecule has 0 amide bonds. The molecule has 0 spiro atoms. The molecule has 0 bridgehead atoms. The van der Waals surface area contributed by atoms with Gasteiger partial charge in [0.2, 0.25) is 0 Å². The van der Waals surface area contributed by atoms with Crippen LogP contribution in [0.15, 0.2) is 201 Å². The van der Waals surface area contributed by atoms with E-state index in [-0.39, 0.29) is 119 Å². The Labute approximate surface area is 564 Å². The number of benzene rings is 7. The van der Waals surface area contributed by atoms with Crippen LogP contribution in [0, 0.1) is 81.4 Å². The molecule has 1 N–H and O–H groups in total. The molecule has 8 heterocycles. The summed E-state index contributed by atoms with van der Waals surface area (Å²) in [7, 11) is 0. The number of imidazole rings is 4. The Hall–Kier alpha value is -12.0. The summed E-state index contributed by atoms with van der Waals surface area (Å²) in [4.78, 5) is 35.6. The summed E-state index contributed by atoms with van der Waals surface area (Å²) >= 11 is 0. The van der Waals surface area contributed by atoms with Gasteiger partial charge >= 0.3 is 0 Å². The number of hydrogen-bond donors (Lipinski definition) is 1. The third-order valence-electron chi connectivity index (χ3n) is 14.7. The zero-order valence-corrected chi connectivity index (χ0v) is 48.4. The fourth-order valence-electron chi connectivity index (χ4n) is 10.2. The number of hydrogen-bond acceptors (Lipinski definition) is 8. The van der Waals surface area contributed by atoms with Gasteiger partial charge in [-0.05, 0) is 109 Å². The van der Waals surface area contributed by atoms with E-state index in [0.717, 1.165) is 60.7 Å². The van der Waals surface area contributed by atoms with Crippen molar-refractivity contribution >= 4 is 33.1 Å². The third kappa shape index (κ3) is 15.5. The molecule has 0 saturated carbocycles. The van der Waals surface area contributed by atoms with Crippen LogP contribution < -0.4 is 0 Å². The molecule has 15 rings (SSSR count). The second-order valence-corrected chi connectivity index (χ2v) is 20.7. The molecule has 2 aliphatic rings. The highest BCUT2D eigenvalue weighted by Gasteiger charge is 2.25. The van der Waals surface area contributed by atoms with Gasteiger partial charge in [0.15, 0.2) is 5.82 Å². The van der Waals surface area contributed by atoms with Crippen LogP contribution in [0.25, 0.3) is 90.0 Å². The van der Waals surface area contributed by atoms with Crippen molar-refractivity contribution in [3.8, 4) is 56.9 Å². The Kier molecular flexibility index (Phi) is 24.4. The van der Waals surface area contributed by atoms with Gasteiger partial charge in [-0.15, -0.1) is 0 Å². The van der Waals surface area contributed by atoms with Gasteiger partial charge in [-0.1, -0.05) is 79.6 Å². The third-order valence-corrected chi connectivity index (χ3v) is 14.7. The van der Waals surface area contributed by atoms with Gasteiger partial charge in [-0.25, -0.2) is 86.4 Å². The first kappa shape index (κ1) is 75.4. The van der Waals surface area contributed by atoms with Gasteiger partial charge in [0.05, 0.1) is 93.8 Å². The van der Waals surface area contributed by atoms with Crippen LogP contribution in [0.3, 0.4) is 0 Å². The number of halogens is 14. The van der Waals surface area contributed by atoms with E-state index in [0.29, 0.717) is 44.5 Å². The number of nitrogens with one attached hydrogen (secondary N) is 1. The van der Waals surface area contributed by atoms with E-state index in [1.54, 1.807) is 42.9 Å². The first-order chi connectivity index (χ1) is 45.9. The minimum Gasteiger partial charge on any atom is -0.347 e. The molecule has 7 aromatic carbocycles. The summed E-state index contributed by atoms with van der Waals surface area (Å²) in [5.41, 5.74) is 1.98.